The Hall–Kier alpha value is -7.01. The van der Waals surface area contributed by atoms with Crippen LogP contribution in [0.2, 0.25) is 0 Å². The topological polar surface area (TPSA) is 241 Å². The fraction of sp³-hybridized carbons (Fsp3) is 0.220. The predicted molar refractivity (Wildman–Crippen MR) is 224 cm³/mol. The highest BCUT2D eigenvalue weighted by Crippen LogP contribution is 2.23. The predicted octanol–water partition coefficient (Wildman–Crippen LogP) is 7.20. The SMILES string of the molecule is C#Cc1ccc(NC(=O)c2cc(N)cc(N)c2)cc1.C#Cc1ccc(NC(=O)c2cc(NC(=O)OC(C)(C)C)cc(NC(=O)OC(C)(C)C)c2)cc1.CS(=O)(=O)O. The minimum atomic E-state index is -3.67. The number of nitrogen functional groups attached to an aromatic ring is 2. The summed E-state index contributed by atoms with van der Waals surface area (Å²) in [5.74, 6) is 4.29. The van der Waals surface area contributed by atoms with E-state index in [2.05, 4.69) is 33.1 Å². The summed E-state index contributed by atoms with van der Waals surface area (Å²) in [5, 5.41) is 10.7. The van der Waals surface area contributed by atoms with Gasteiger partial charge in [-0.25, -0.2) is 9.59 Å². The lowest BCUT2D eigenvalue weighted by atomic mass is 10.1. The number of rotatable bonds is 6. The number of terminal acetylenes is 2. The van der Waals surface area contributed by atoms with Crippen molar-refractivity contribution in [1.82, 2.24) is 0 Å². The summed E-state index contributed by atoms with van der Waals surface area (Å²) in [6.45, 7) is 10.4. The molecule has 16 heteroatoms. The monoisotopic (exact) mass is 798 g/mol. The first-order valence-electron chi connectivity index (χ1n) is 16.8. The first-order chi connectivity index (χ1) is 26.3. The van der Waals surface area contributed by atoms with Gasteiger partial charge in [0.1, 0.15) is 11.2 Å². The summed E-state index contributed by atoms with van der Waals surface area (Å²) >= 11 is 0. The molecular formula is C41H46N6O9S. The molecule has 4 amide bonds. The van der Waals surface area contributed by atoms with Crippen LogP contribution in [-0.4, -0.2) is 54.4 Å². The molecule has 0 fully saturated rings. The Morgan fingerprint density at radius 2 is 0.895 bits per heavy atom. The van der Waals surface area contributed by atoms with E-state index in [-0.39, 0.29) is 22.8 Å². The van der Waals surface area contributed by atoms with Crippen molar-refractivity contribution >= 4 is 68.2 Å². The molecule has 0 heterocycles. The Balaban J connectivity index is 0.000000391. The average molecular weight is 799 g/mol. The minimum absolute atomic E-state index is 0.190. The lowest BCUT2D eigenvalue weighted by Gasteiger charge is -2.21. The number of anilines is 6. The summed E-state index contributed by atoms with van der Waals surface area (Å²) in [4.78, 5) is 49.3. The highest BCUT2D eigenvalue weighted by atomic mass is 32.2. The van der Waals surface area contributed by atoms with Crippen LogP contribution in [-0.2, 0) is 19.6 Å². The van der Waals surface area contributed by atoms with Crippen molar-refractivity contribution in [3.8, 4) is 24.7 Å². The van der Waals surface area contributed by atoms with Gasteiger partial charge in [-0.15, -0.1) is 12.8 Å². The third-order valence-corrected chi connectivity index (χ3v) is 6.34. The maximum absolute atomic E-state index is 12.9. The van der Waals surface area contributed by atoms with Gasteiger partial charge in [-0.05, 0) is 126 Å². The highest BCUT2D eigenvalue weighted by Gasteiger charge is 2.20. The normalized spacial score (nSPS) is 10.6. The molecule has 0 saturated carbocycles. The summed E-state index contributed by atoms with van der Waals surface area (Å²) in [7, 11) is -3.67. The molecule has 4 aromatic rings. The first kappa shape index (κ1) is 46.1. The molecule has 0 aromatic heterocycles. The largest absolute Gasteiger partial charge is 0.444 e. The van der Waals surface area contributed by atoms with Crippen molar-refractivity contribution in [1.29, 1.82) is 0 Å². The number of amides is 4. The number of nitrogens with one attached hydrogen (secondary N) is 4. The molecule has 300 valence electrons. The molecule has 0 saturated heterocycles. The molecule has 4 aromatic carbocycles. The summed E-state index contributed by atoms with van der Waals surface area (Å²) in [6, 6.07) is 22.9. The second-order valence-electron chi connectivity index (χ2n) is 14.0. The molecule has 0 aliphatic heterocycles. The summed E-state index contributed by atoms with van der Waals surface area (Å²) < 4.78 is 36.4. The van der Waals surface area contributed by atoms with Crippen molar-refractivity contribution in [2.75, 3.05) is 39.0 Å². The molecule has 0 unspecified atom stereocenters. The van der Waals surface area contributed by atoms with E-state index in [1.165, 1.54) is 18.2 Å². The van der Waals surface area contributed by atoms with Crippen LogP contribution >= 0.6 is 0 Å². The van der Waals surface area contributed by atoms with Gasteiger partial charge < -0.3 is 31.6 Å². The third-order valence-electron chi connectivity index (χ3n) is 6.34. The van der Waals surface area contributed by atoms with Gasteiger partial charge >= 0.3 is 12.2 Å². The Labute approximate surface area is 332 Å². The van der Waals surface area contributed by atoms with E-state index in [4.69, 9.17) is 38.3 Å². The lowest BCUT2D eigenvalue weighted by Crippen LogP contribution is -2.28. The molecule has 9 N–H and O–H groups in total. The molecule has 0 spiro atoms. The van der Waals surface area contributed by atoms with E-state index in [1.807, 2.05) is 0 Å². The van der Waals surface area contributed by atoms with Crippen LogP contribution in [0.4, 0.5) is 43.7 Å². The first-order valence-corrected chi connectivity index (χ1v) is 18.7. The van der Waals surface area contributed by atoms with Crippen molar-refractivity contribution in [3.05, 3.63) is 107 Å². The van der Waals surface area contributed by atoms with E-state index in [9.17, 15) is 27.6 Å². The summed E-state index contributed by atoms with van der Waals surface area (Å²) in [5.41, 5.74) is 14.5. The second kappa shape index (κ2) is 20.1. The Bertz CT molecular complexity index is 2190. The third kappa shape index (κ3) is 19.2. The number of carbonyl (C=O) groups is 4. The molecular weight excluding hydrogens is 753 g/mol. The fourth-order valence-corrected chi connectivity index (χ4v) is 4.26. The average Bonchev–Trinajstić information content (AvgIpc) is 3.06. The molecule has 0 radical (unpaired) electrons. The smallest absolute Gasteiger partial charge is 0.412 e. The molecule has 0 atom stereocenters. The van der Waals surface area contributed by atoms with Crippen molar-refractivity contribution < 1.29 is 41.6 Å². The Morgan fingerprint density at radius 1 is 0.579 bits per heavy atom. The van der Waals surface area contributed by atoms with Gasteiger partial charge in [-0.2, -0.15) is 8.42 Å². The van der Waals surface area contributed by atoms with E-state index in [1.54, 1.807) is 108 Å². The van der Waals surface area contributed by atoms with Crippen LogP contribution in [0.3, 0.4) is 0 Å². The van der Waals surface area contributed by atoms with Crippen molar-refractivity contribution in [3.63, 3.8) is 0 Å². The standard InChI is InChI=1S/C25H29N3O5.C15H13N3O.CH4O3S/c1-8-16-9-11-18(12-10-16)26-21(29)17-13-19(27-22(30)32-24(2,3)4)15-20(14-17)28-23(31)33-25(5,6)7;1-2-10-3-5-14(6-4-10)18-15(19)11-7-12(16)9-13(17)8-11;1-5(2,3)4/h1,9-15H,2-7H3,(H,26,29)(H,27,30)(H,28,31);1,3-9H,16-17H2,(H,18,19);1H3,(H,2,3,4). The minimum Gasteiger partial charge on any atom is -0.444 e. The molecule has 0 bridgehead atoms. The van der Waals surface area contributed by atoms with Crippen LogP contribution in [0.1, 0.15) is 73.4 Å². The second-order valence-corrected chi connectivity index (χ2v) is 15.5. The van der Waals surface area contributed by atoms with Gasteiger partial charge in [0.25, 0.3) is 21.9 Å². The van der Waals surface area contributed by atoms with Gasteiger partial charge in [-0.3, -0.25) is 24.8 Å². The zero-order valence-corrected chi connectivity index (χ0v) is 33.3. The number of benzene rings is 4. The quantitative estimate of drug-likeness (QED) is 0.0584. The summed E-state index contributed by atoms with van der Waals surface area (Å²) in [6.07, 6.45) is 9.93. The molecule has 0 aliphatic rings. The molecule has 4 rings (SSSR count). The van der Waals surface area contributed by atoms with Crippen molar-refractivity contribution in [2.24, 2.45) is 0 Å². The fourth-order valence-electron chi connectivity index (χ4n) is 4.26. The van der Waals surface area contributed by atoms with Gasteiger partial charge in [0.2, 0.25) is 0 Å². The zero-order valence-electron chi connectivity index (χ0n) is 32.5. The number of hydrogen-bond acceptors (Lipinski definition) is 10. The number of carbonyl (C=O) groups excluding carboxylic acids is 4. The maximum Gasteiger partial charge on any atom is 0.412 e. The Morgan fingerprint density at radius 3 is 1.19 bits per heavy atom. The van der Waals surface area contributed by atoms with E-state index in [0.717, 1.165) is 5.56 Å². The lowest BCUT2D eigenvalue weighted by molar-refractivity contribution is 0.0625. The maximum atomic E-state index is 12.9. The van der Waals surface area contributed by atoms with Gasteiger partial charge in [-0.1, -0.05) is 11.8 Å². The van der Waals surface area contributed by atoms with E-state index >= 15 is 0 Å². The number of nitrogens with two attached hydrogens (primary N) is 2. The molecule has 0 aliphatic carbocycles. The Kier molecular flexibility index (Phi) is 16.2. The molecule has 57 heavy (non-hydrogen) atoms. The van der Waals surface area contributed by atoms with E-state index < -0.39 is 39.4 Å². The van der Waals surface area contributed by atoms with Crippen LogP contribution in [0.5, 0.6) is 0 Å². The van der Waals surface area contributed by atoms with Crippen molar-refractivity contribution in [2.45, 2.75) is 52.7 Å². The zero-order chi connectivity index (χ0) is 43.1. The van der Waals surface area contributed by atoms with Crippen LogP contribution < -0.4 is 32.7 Å². The van der Waals surface area contributed by atoms with Gasteiger partial charge in [0.15, 0.2) is 0 Å². The molecule has 15 nitrogen and oxygen atoms in total. The van der Waals surface area contributed by atoms with Gasteiger partial charge in [0, 0.05) is 56.4 Å². The van der Waals surface area contributed by atoms with E-state index in [0.29, 0.717) is 40.1 Å². The number of hydrogen-bond donors (Lipinski definition) is 7. The highest BCUT2D eigenvalue weighted by molar-refractivity contribution is 7.85. The van der Waals surface area contributed by atoms with Crippen LogP contribution in [0.25, 0.3) is 0 Å². The van der Waals surface area contributed by atoms with Gasteiger partial charge in [0.05, 0.1) is 6.26 Å². The number of ether oxygens (including phenoxy) is 2. The van der Waals surface area contributed by atoms with Crippen LogP contribution in [0.15, 0.2) is 84.9 Å². The van der Waals surface area contributed by atoms with Crippen LogP contribution in [0, 0.1) is 24.7 Å².